The van der Waals surface area contributed by atoms with Gasteiger partial charge in [0.15, 0.2) is 9.84 Å². The van der Waals surface area contributed by atoms with E-state index in [9.17, 15) is 18.0 Å². The van der Waals surface area contributed by atoms with Crippen LogP contribution in [0, 0.1) is 5.92 Å². The molecule has 1 amide bonds. The third-order valence-corrected chi connectivity index (χ3v) is 8.00. The Kier molecular flexibility index (Phi) is 9.34. The van der Waals surface area contributed by atoms with Gasteiger partial charge in [0.05, 0.1) is 11.0 Å². The molecule has 1 aliphatic carbocycles. The van der Waals surface area contributed by atoms with Gasteiger partial charge in [-0.3, -0.25) is 9.59 Å². The van der Waals surface area contributed by atoms with Crippen molar-refractivity contribution in [3.63, 3.8) is 0 Å². The molecule has 0 unspecified atom stereocenters. The van der Waals surface area contributed by atoms with Crippen molar-refractivity contribution in [3.05, 3.63) is 29.8 Å². The van der Waals surface area contributed by atoms with Crippen LogP contribution in [0.25, 0.3) is 0 Å². The topological polar surface area (TPSA) is 80.3 Å². The molecule has 0 aromatic heterocycles. The Morgan fingerprint density at radius 3 is 2.28 bits per heavy atom. The largest absolute Gasteiger partial charge is 0.326 e. The van der Waals surface area contributed by atoms with E-state index in [1.54, 1.807) is 13.8 Å². The molecule has 5 nitrogen and oxygen atoms in total. The van der Waals surface area contributed by atoms with Gasteiger partial charge in [0.2, 0.25) is 5.91 Å². The number of carbonyl (C=O) groups is 2. The highest BCUT2D eigenvalue weighted by molar-refractivity contribution is 7.91. The minimum Gasteiger partial charge on any atom is -0.326 e. The first kappa shape index (κ1) is 23.6. The molecule has 2 rings (SSSR count). The number of benzene rings is 1. The highest BCUT2D eigenvalue weighted by Crippen LogP contribution is 2.25. The minimum absolute atomic E-state index is 0.105. The van der Waals surface area contributed by atoms with Gasteiger partial charge in [-0.1, -0.05) is 37.8 Å². The Bertz CT molecular complexity index is 763. The van der Waals surface area contributed by atoms with Crippen LogP contribution in [0.4, 0.5) is 5.69 Å². The molecule has 0 atom stereocenters. The Morgan fingerprint density at radius 2 is 1.66 bits per heavy atom. The number of unbranched alkanes of at least 4 members (excludes halogenated alkanes) is 2. The number of rotatable bonds is 11. The van der Waals surface area contributed by atoms with Crippen LogP contribution in [0.2, 0.25) is 0 Å². The number of nitrogens with one attached hydrogen (secondary N) is 1. The first-order valence-corrected chi connectivity index (χ1v) is 12.6. The maximum absolute atomic E-state index is 12.3. The van der Waals surface area contributed by atoms with Crippen molar-refractivity contribution in [1.82, 2.24) is 0 Å². The van der Waals surface area contributed by atoms with Gasteiger partial charge in [0.1, 0.15) is 5.78 Å². The molecular weight excluding hydrogens is 386 g/mol. The summed E-state index contributed by atoms with van der Waals surface area (Å²) in [5, 5.41) is 2.65. The summed E-state index contributed by atoms with van der Waals surface area (Å²) in [6.45, 7) is 3.40. The van der Waals surface area contributed by atoms with E-state index in [1.165, 1.54) is 6.42 Å². The molecule has 6 heteroatoms. The van der Waals surface area contributed by atoms with Gasteiger partial charge < -0.3 is 5.32 Å². The van der Waals surface area contributed by atoms with Gasteiger partial charge in [0, 0.05) is 24.4 Å². The number of sulfone groups is 1. The van der Waals surface area contributed by atoms with Crippen LogP contribution in [-0.2, 0) is 25.8 Å². The van der Waals surface area contributed by atoms with Gasteiger partial charge in [-0.05, 0) is 57.2 Å². The molecule has 0 spiro atoms. The van der Waals surface area contributed by atoms with E-state index in [1.807, 2.05) is 24.3 Å². The van der Waals surface area contributed by atoms with Crippen LogP contribution in [0.1, 0.15) is 77.2 Å². The number of amides is 1. The van der Waals surface area contributed by atoms with Gasteiger partial charge in [-0.25, -0.2) is 8.42 Å². The normalized spacial score (nSPS) is 15.4. The molecule has 0 bridgehead atoms. The molecule has 29 heavy (non-hydrogen) atoms. The summed E-state index contributed by atoms with van der Waals surface area (Å²) in [5.74, 6) is 0.594. The van der Waals surface area contributed by atoms with Crippen molar-refractivity contribution in [3.8, 4) is 0 Å². The van der Waals surface area contributed by atoms with Crippen LogP contribution in [0.3, 0.4) is 0 Å². The van der Waals surface area contributed by atoms with E-state index in [0.29, 0.717) is 19.3 Å². The number of anilines is 1. The summed E-state index contributed by atoms with van der Waals surface area (Å²) < 4.78 is 23.5. The lowest BCUT2D eigenvalue weighted by molar-refractivity contribution is -0.121. The summed E-state index contributed by atoms with van der Waals surface area (Å²) >= 11 is 0. The number of carbonyl (C=O) groups excluding carboxylic acids is 2. The van der Waals surface area contributed by atoms with Crippen LogP contribution in [0.15, 0.2) is 24.3 Å². The Morgan fingerprint density at radius 1 is 1.00 bits per heavy atom. The summed E-state index contributed by atoms with van der Waals surface area (Å²) in [6.07, 6.45) is 8.38. The van der Waals surface area contributed by atoms with Crippen LogP contribution in [-0.4, -0.2) is 31.1 Å². The van der Waals surface area contributed by atoms with Crippen LogP contribution >= 0.6 is 0 Å². The molecule has 0 aliphatic heterocycles. The number of hydrogen-bond donors (Lipinski definition) is 1. The minimum atomic E-state index is -2.98. The molecule has 1 aliphatic rings. The average molecular weight is 422 g/mol. The third kappa shape index (κ3) is 8.29. The quantitative estimate of drug-likeness (QED) is 0.525. The van der Waals surface area contributed by atoms with Crippen molar-refractivity contribution in [1.29, 1.82) is 0 Å². The highest BCUT2D eigenvalue weighted by atomic mass is 32.2. The lowest BCUT2D eigenvalue weighted by atomic mass is 9.88. The van der Waals surface area contributed by atoms with Crippen molar-refractivity contribution in [2.24, 2.45) is 5.92 Å². The summed E-state index contributed by atoms with van der Waals surface area (Å²) in [6, 6.07) is 7.51. The number of ketones is 1. The molecule has 0 radical (unpaired) electrons. The molecule has 1 fully saturated rings. The Labute approximate surface area is 175 Å². The molecular formula is C23H35NO4S. The van der Waals surface area contributed by atoms with E-state index >= 15 is 0 Å². The summed E-state index contributed by atoms with van der Waals surface area (Å²) in [4.78, 5) is 24.5. The number of Topliss-reactive ketones (excluding diaryl/α,β-unsaturated/α-hetero) is 1. The van der Waals surface area contributed by atoms with Crippen molar-refractivity contribution < 1.29 is 18.0 Å². The second kappa shape index (κ2) is 11.5. The van der Waals surface area contributed by atoms with E-state index in [-0.39, 0.29) is 28.6 Å². The van der Waals surface area contributed by atoms with Crippen molar-refractivity contribution in [2.45, 2.75) is 83.3 Å². The number of hydrogen-bond acceptors (Lipinski definition) is 4. The zero-order chi connectivity index (χ0) is 21.3. The molecule has 162 valence electrons. The highest BCUT2D eigenvalue weighted by Gasteiger charge is 2.21. The predicted octanol–water partition coefficient (Wildman–Crippen LogP) is 4.70. The summed E-state index contributed by atoms with van der Waals surface area (Å²) in [7, 11) is -2.98. The Hall–Kier alpha value is -1.69. The molecule has 1 N–H and O–H groups in total. The van der Waals surface area contributed by atoms with Crippen LogP contribution < -0.4 is 5.32 Å². The van der Waals surface area contributed by atoms with Gasteiger partial charge >= 0.3 is 0 Å². The predicted molar refractivity (Wildman–Crippen MR) is 118 cm³/mol. The third-order valence-electron chi connectivity index (χ3n) is 5.70. The lowest BCUT2D eigenvalue weighted by Gasteiger charge is -2.20. The zero-order valence-electron chi connectivity index (χ0n) is 17.8. The second-order valence-corrected chi connectivity index (χ2v) is 11.1. The SMILES string of the molecule is CC(C)S(=O)(=O)CCCCCC(=O)Cc1ccc(NC(=O)C2CCCCC2)cc1. The fourth-order valence-corrected chi connectivity index (χ4v) is 4.75. The summed E-state index contributed by atoms with van der Waals surface area (Å²) in [5.41, 5.74) is 1.72. The maximum Gasteiger partial charge on any atom is 0.227 e. The van der Waals surface area contributed by atoms with E-state index in [4.69, 9.17) is 0 Å². The lowest BCUT2D eigenvalue weighted by Crippen LogP contribution is -2.24. The molecule has 1 aromatic rings. The van der Waals surface area contributed by atoms with Gasteiger partial charge in [-0.2, -0.15) is 0 Å². The van der Waals surface area contributed by atoms with Gasteiger partial charge in [0.25, 0.3) is 0 Å². The van der Waals surface area contributed by atoms with Gasteiger partial charge in [-0.15, -0.1) is 0 Å². The smallest absolute Gasteiger partial charge is 0.227 e. The molecule has 1 aromatic carbocycles. The van der Waals surface area contributed by atoms with E-state index in [0.717, 1.165) is 49.8 Å². The Balaban J connectivity index is 1.68. The molecule has 0 saturated heterocycles. The van der Waals surface area contributed by atoms with E-state index in [2.05, 4.69) is 5.32 Å². The molecule has 1 saturated carbocycles. The standard InChI is InChI=1S/C23H35NO4S/c1-18(2)29(27,28)16-8-4-7-11-22(25)17-19-12-14-21(15-13-19)24-23(26)20-9-5-3-6-10-20/h12-15,18,20H,3-11,16-17H2,1-2H3,(H,24,26). The van der Waals surface area contributed by atoms with E-state index < -0.39 is 9.84 Å². The van der Waals surface area contributed by atoms with Crippen molar-refractivity contribution >= 4 is 27.2 Å². The maximum atomic E-state index is 12.3. The van der Waals surface area contributed by atoms with Crippen molar-refractivity contribution in [2.75, 3.05) is 11.1 Å². The fourth-order valence-electron chi connectivity index (χ4n) is 3.67. The average Bonchev–Trinajstić information content (AvgIpc) is 2.69. The zero-order valence-corrected chi connectivity index (χ0v) is 18.6. The first-order valence-electron chi connectivity index (χ1n) is 10.9. The monoisotopic (exact) mass is 421 g/mol. The fraction of sp³-hybridized carbons (Fsp3) is 0.652. The van der Waals surface area contributed by atoms with Crippen LogP contribution in [0.5, 0.6) is 0 Å². The first-order chi connectivity index (χ1) is 13.8. The molecule has 0 heterocycles. The second-order valence-electron chi connectivity index (χ2n) is 8.46.